The van der Waals surface area contributed by atoms with Crippen molar-refractivity contribution in [2.75, 3.05) is 0 Å². The molecule has 3 rings (SSSR count). The zero-order valence-electron chi connectivity index (χ0n) is 14.2. The molecule has 1 aliphatic carbocycles. The average Bonchev–Trinajstić information content (AvgIpc) is 2.55. The van der Waals surface area contributed by atoms with Gasteiger partial charge in [-0.15, -0.1) is 0 Å². The SMILES string of the molecule is O=C(NS(=O)(=O)Cc1ccc([N+](=O)[O-])cc1)C1(c2ccc(Br)cc2)CCC1. The number of halogens is 1. The molecule has 1 aliphatic rings. The molecule has 0 bridgehead atoms. The highest BCUT2D eigenvalue weighted by Crippen LogP contribution is 2.44. The van der Waals surface area contributed by atoms with Crippen LogP contribution < -0.4 is 4.72 Å². The van der Waals surface area contributed by atoms with Crippen LogP contribution in [0, 0.1) is 10.1 Å². The summed E-state index contributed by atoms with van der Waals surface area (Å²) >= 11 is 3.35. The first-order valence-corrected chi connectivity index (χ1v) is 10.7. The van der Waals surface area contributed by atoms with Gasteiger partial charge in [-0.2, -0.15) is 0 Å². The normalized spacial score (nSPS) is 15.6. The van der Waals surface area contributed by atoms with Gasteiger partial charge in [0.05, 0.1) is 16.1 Å². The molecule has 1 N–H and O–H groups in total. The molecule has 0 aromatic heterocycles. The Bertz CT molecular complexity index is 968. The van der Waals surface area contributed by atoms with Crippen molar-refractivity contribution < 1.29 is 18.1 Å². The molecule has 0 atom stereocenters. The molecule has 0 spiro atoms. The van der Waals surface area contributed by atoms with E-state index in [1.54, 1.807) is 0 Å². The van der Waals surface area contributed by atoms with E-state index in [-0.39, 0.29) is 5.69 Å². The van der Waals surface area contributed by atoms with E-state index in [9.17, 15) is 23.3 Å². The molecular weight excluding hydrogens is 436 g/mol. The highest BCUT2D eigenvalue weighted by molar-refractivity contribution is 9.10. The standard InChI is InChI=1S/C18H17BrN2O5S/c19-15-6-4-14(5-7-15)18(10-1-11-18)17(22)20-27(25,26)12-13-2-8-16(9-3-13)21(23)24/h2-9H,1,10-12H2,(H,20,22). The number of benzene rings is 2. The largest absolute Gasteiger partial charge is 0.273 e. The van der Waals surface area contributed by atoms with E-state index in [4.69, 9.17) is 0 Å². The molecule has 0 radical (unpaired) electrons. The van der Waals surface area contributed by atoms with Gasteiger partial charge in [0.15, 0.2) is 0 Å². The number of nitrogens with one attached hydrogen (secondary N) is 1. The third kappa shape index (κ3) is 4.19. The number of nitro benzene ring substituents is 1. The van der Waals surface area contributed by atoms with Crippen molar-refractivity contribution in [3.8, 4) is 0 Å². The monoisotopic (exact) mass is 452 g/mol. The number of rotatable bonds is 6. The van der Waals surface area contributed by atoms with Crippen LogP contribution in [-0.2, 0) is 26.0 Å². The van der Waals surface area contributed by atoms with E-state index >= 15 is 0 Å². The quantitative estimate of drug-likeness (QED) is 0.533. The van der Waals surface area contributed by atoms with Crippen LogP contribution in [0.5, 0.6) is 0 Å². The predicted octanol–water partition coefficient (Wildman–Crippen LogP) is 3.43. The summed E-state index contributed by atoms with van der Waals surface area (Å²) < 4.78 is 27.9. The Morgan fingerprint density at radius 1 is 1.11 bits per heavy atom. The summed E-state index contributed by atoms with van der Waals surface area (Å²) in [4.78, 5) is 22.9. The minimum atomic E-state index is -3.92. The van der Waals surface area contributed by atoms with Crippen LogP contribution in [0.3, 0.4) is 0 Å². The Morgan fingerprint density at radius 2 is 1.70 bits per heavy atom. The van der Waals surface area contributed by atoms with Crippen molar-refractivity contribution in [1.82, 2.24) is 4.72 Å². The van der Waals surface area contributed by atoms with E-state index in [2.05, 4.69) is 20.7 Å². The van der Waals surface area contributed by atoms with Gasteiger partial charge in [0.2, 0.25) is 15.9 Å². The van der Waals surface area contributed by atoms with Crippen LogP contribution in [0.4, 0.5) is 5.69 Å². The Morgan fingerprint density at radius 3 is 2.19 bits per heavy atom. The van der Waals surface area contributed by atoms with Crippen molar-refractivity contribution in [1.29, 1.82) is 0 Å². The fraction of sp³-hybridized carbons (Fsp3) is 0.278. The molecule has 0 saturated heterocycles. The van der Waals surface area contributed by atoms with Gasteiger partial charge in [-0.1, -0.05) is 46.6 Å². The lowest BCUT2D eigenvalue weighted by Crippen LogP contribution is -2.51. The zero-order chi connectivity index (χ0) is 19.7. The van der Waals surface area contributed by atoms with Gasteiger partial charge in [0, 0.05) is 16.6 Å². The topological polar surface area (TPSA) is 106 Å². The van der Waals surface area contributed by atoms with Crippen molar-refractivity contribution in [2.24, 2.45) is 0 Å². The molecular formula is C18H17BrN2O5S. The molecule has 9 heteroatoms. The summed E-state index contributed by atoms with van der Waals surface area (Å²) in [7, 11) is -3.92. The number of non-ortho nitro benzene ring substituents is 1. The summed E-state index contributed by atoms with van der Waals surface area (Å²) in [5.41, 5.74) is 0.208. The second kappa shape index (κ2) is 7.40. The van der Waals surface area contributed by atoms with Gasteiger partial charge in [-0.25, -0.2) is 8.42 Å². The summed E-state index contributed by atoms with van der Waals surface area (Å²) in [6, 6.07) is 12.5. The molecule has 1 saturated carbocycles. The minimum Gasteiger partial charge on any atom is -0.273 e. The first-order valence-electron chi connectivity index (χ1n) is 8.26. The summed E-state index contributed by atoms with van der Waals surface area (Å²) in [5.74, 6) is -0.953. The Balaban J connectivity index is 1.75. The number of hydrogen-bond donors (Lipinski definition) is 1. The maximum Gasteiger partial charge on any atom is 0.269 e. The molecule has 27 heavy (non-hydrogen) atoms. The van der Waals surface area contributed by atoms with Crippen LogP contribution in [-0.4, -0.2) is 19.2 Å². The highest BCUT2D eigenvalue weighted by atomic mass is 79.9. The number of nitrogens with zero attached hydrogens (tertiary/aromatic N) is 1. The first kappa shape index (κ1) is 19.5. The number of nitro groups is 1. The smallest absolute Gasteiger partial charge is 0.269 e. The maximum atomic E-state index is 12.8. The molecule has 2 aromatic rings. The number of amides is 1. The minimum absolute atomic E-state index is 0.121. The van der Waals surface area contributed by atoms with Crippen molar-refractivity contribution in [3.63, 3.8) is 0 Å². The lowest BCUT2D eigenvalue weighted by atomic mass is 9.64. The highest BCUT2D eigenvalue weighted by Gasteiger charge is 2.46. The zero-order valence-corrected chi connectivity index (χ0v) is 16.6. The van der Waals surface area contributed by atoms with Gasteiger partial charge in [0.25, 0.3) is 5.69 Å². The molecule has 1 fully saturated rings. The number of carbonyl (C=O) groups is 1. The summed E-state index contributed by atoms with van der Waals surface area (Å²) in [6.07, 6.45) is 2.03. The first-order chi connectivity index (χ1) is 12.7. The van der Waals surface area contributed by atoms with Gasteiger partial charge in [0.1, 0.15) is 0 Å². The predicted molar refractivity (Wildman–Crippen MR) is 104 cm³/mol. The third-order valence-corrected chi connectivity index (χ3v) is 6.53. The molecule has 142 valence electrons. The molecule has 0 unspecified atom stereocenters. The Labute approximate surface area is 165 Å². The van der Waals surface area contributed by atoms with Crippen molar-refractivity contribution in [2.45, 2.75) is 30.4 Å². The lowest BCUT2D eigenvalue weighted by molar-refractivity contribution is -0.384. The maximum absolute atomic E-state index is 12.8. The van der Waals surface area contributed by atoms with Gasteiger partial charge < -0.3 is 0 Å². The Hall–Kier alpha value is -2.26. The van der Waals surface area contributed by atoms with E-state index in [1.807, 2.05) is 24.3 Å². The molecule has 0 heterocycles. The van der Waals surface area contributed by atoms with E-state index in [0.29, 0.717) is 18.4 Å². The van der Waals surface area contributed by atoms with Crippen LogP contribution in [0.1, 0.15) is 30.4 Å². The van der Waals surface area contributed by atoms with E-state index in [1.165, 1.54) is 24.3 Å². The molecule has 2 aromatic carbocycles. The van der Waals surface area contributed by atoms with E-state index in [0.717, 1.165) is 16.5 Å². The van der Waals surface area contributed by atoms with Crippen LogP contribution >= 0.6 is 15.9 Å². The fourth-order valence-corrected chi connectivity index (χ4v) is 4.60. The van der Waals surface area contributed by atoms with Gasteiger partial charge >= 0.3 is 0 Å². The summed E-state index contributed by atoms with van der Waals surface area (Å²) in [6.45, 7) is 0. The molecule has 0 aliphatic heterocycles. The van der Waals surface area contributed by atoms with Crippen LogP contribution in [0.15, 0.2) is 53.0 Å². The molecule has 1 amide bonds. The van der Waals surface area contributed by atoms with Gasteiger partial charge in [-0.05, 0) is 36.1 Å². The van der Waals surface area contributed by atoms with Gasteiger partial charge in [-0.3, -0.25) is 19.6 Å². The number of carbonyl (C=O) groups excluding carboxylic acids is 1. The summed E-state index contributed by atoms with van der Waals surface area (Å²) in [5, 5.41) is 10.7. The number of sulfonamides is 1. The van der Waals surface area contributed by atoms with Crippen molar-refractivity contribution in [3.05, 3.63) is 74.2 Å². The molecule has 7 nitrogen and oxygen atoms in total. The average molecular weight is 453 g/mol. The van der Waals surface area contributed by atoms with Crippen LogP contribution in [0.25, 0.3) is 0 Å². The third-order valence-electron chi connectivity index (χ3n) is 4.79. The van der Waals surface area contributed by atoms with Crippen molar-refractivity contribution >= 4 is 37.5 Å². The second-order valence-electron chi connectivity index (χ2n) is 6.56. The lowest BCUT2D eigenvalue weighted by Gasteiger charge is -2.40. The van der Waals surface area contributed by atoms with Crippen LogP contribution in [0.2, 0.25) is 0 Å². The fourth-order valence-electron chi connectivity index (χ4n) is 3.15. The Kier molecular flexibility index (Phi) is 5.34. The van der Waals surface area contributed by atoms with E-state index < -0.39 is 32.0 Å². The second-order valence-corrected chi connectivity index (χ2v) is 9.19. The number of hydrogen-bond acceptors (Lipinski definition) is 5.